The Hall–Kier alpha value is -4.63. The van der Waals surface area contributed by atoms with Crippen LogP contribution in [0.2, 0.25) is 0 Å². The molecule has 214 valence electrons. The number of benzene rings is 5. The average Bonchev–Trinajstić information content (AvgIpc) is 3.34. The monoisotopic (exact) mass is 563 g/mol. The number of allylic oxidation sites excluding steroid dienone is 4. The van der Waals surface area contributed by atoms with Gasteiger partial charge in [0.05, 0.1) is 12.5 Å². The first-order valence-corrected chi connectivity index (χ1v) is 15.1. The lowest BCUT2D eigenvalue weighted by molar-refractivity contribution is -0.401. The zero-order valence-electron chi connectivity index (χ0n) is 26.0. The lowest BCUT2D eigenvalue weighted by atomic mass is 9.74. The number of hydrogen-bond acceptors (Lipinski definition) is 2. The van der Waals surface area contributed by atoms with E-state index in [1.807, 2.05) is 6.07 Å². The number of anilines is 1. The van der Waals surface area contributed by atoms with Crippen LogP contribution in [0.15, 0.2) is 121 Å². The Bertz CT molecular complexity index is 2010. The van der Waals surface area contributed by atoms with Crippen molar-refractivity contribution in [3.8, 4) is 5.75 Å². The van der Waals surface area contributed by atoms with Gasteiger partial charge >= 0.3 is 0 Å². The van der Waals surface area contributed by atoms with Gasteiger partial charge in [-0.15, -0.1) is 0 Å². The molecule has 0 amide bonds. The van der Waals surface area contributed by atoms with E-state index in [9.17, 15) is 0 Å². The summed E-state index contributed by atoms with van der Waals surface area (Å²) in [5, 5.41) is 5.17. The van der Waals surface area contributed by atoms with Crippen molar-refractivity contribution < 1.29 is 9.31 Å². The number of rotatable bonds is 5. The summed E-state index contributed by atoms with van der Waals surface area (Å²) in [7, 11) is 6.15. The summed E-state index contributed by atoms with van der Waals surface area (Å²) in [6.45, 7) is 7.09. The van der Waals surface area contributed by atoms with Gasteiger partial charge in [0.15, 0.2) is 5.71 Å². The zero-order valence-corrected chi connectivity index (χ0v) is 26.0. The van der Waals surface area contributed by atoms with Crippen molar-refractivity contribution in [3.05, 3.63) is 138 Å². The first-order valence-electron chi connectivity index (χ1n) is 15.1. The number of hydrogen-bond donors (Lipinski definition) is 0. The molecule has 0 N–H and O–H groups in total. The molecule has 1 unspecified atom stereocenters. The highest BCUT2D eigenvalue weighted by atomic mass is 16.5. The summed E-state index contributed by atoms with van der Waals surface area (Å²) < 4.78 is 7.97. The summed E-state index contributed by atoms with van der Waals surface area (Å²) in [5.74, 6) is 0.895. The minimum Gasteiger partial charge on any atom is -0.497 e. The molecule has 2 aliphatic heterocycles. The van der Waals surface area contributed by atoms with E-state index in [1.54, 1.807) is 7.11 Å². The zero-order chi connectivity index (χ0) is 29.9. The van der Waals surface area contributed by atoms with E-state index in [-0.39, 0.29) is 10.8 Å². The largest absolute Gasteiger partial charge is 0.497 e. The van der Waals surface area contributed by atoms with Crippen LogP contribution < -0.4 is 9.64 Å². The predicted molar refractivity (Wildman–Crippen MR) is 181 cm³/mol. The van der Waals surface area contributed by atoms with Crippen LogP contribution in [-0.4, -0.2) is 31.5 Å². The molecular weight excluding hydrogens is 524 g/mol. The lowest BCUT2D eigenvalue weighted by Crippen LogP contribution is -2.29. The van der Waals surface area contributed by atoms with Crippen molar-refractivity contribution in [3.63, 3.8) is 0 Å². The number of nitrogens with zero attached hydrogens (tertiary/aromatic N) is 2. The molecule has 2 aliphatic rings. The van der Waals surface area contributed by atoms with Crippen molar-refractivity contribution in [2.75, 3.05) is 26.1 Å². The second-order valence-electron chi connectivity index (χ2n) is 12.8. The van der Waals surface area contributed by atoms with Gasteiger partial charge in [0.25, 0.3) is 0 Å². The van der Waals surface area contributed by atoms with Gasteiger partial charge in [-0.3, -0.25) is 0 Å². The number of likely N-dealkylation sites (N-methyl/N-ethyl adjacent to an activating group) is 1. The highest BCUT2D eigenvalue weighted by Crippen LogP contribution is 2.52. The molecule has 2 heterocycles. The minimum absolute atomic E-state index is 0.103. The van der Waals surface area contributed by atoms with Gasteiger partial charge < -0.3 is 9.64 Å². The first kappa shape index (κ1) is 27.2. The van der Waals surface area contributed by atoms with Crippen LogP contribution in [0, 0.1) is 0 Å². The predicted octanol–water partition coefficient (Wildman–Crippen LogP) is 9.10. The average molecular weight is 564 g/mol. The Balaban J connectivity index is 1.34. The Kier molecular flexibility index (Phi) is 6.32. The van der Waals surface area contributed by atoms with E-state index in [0.717, 1.165) is 12.2 Å². The summed E-state index contributed by atoms with van der Waals surface area (Å²) >= 11 is 0. The van der Waals surface area contributed by atoms with Crippen LogP contribution in [0.1, 0.15) is 37.5 Å². The third-order valence-electron chi connectivity index (χ3n) is 9.85. The maximum absolute atomic E-state index is 5.60. The van der Waals surface area contributed by atoms with Crippen molar-refractivity contribution in [2.24, 2.45) is 0 Å². The molecule has 43 heavy (non-hydrogen) atoms. The molecule has 0 aromatic heterocycles. The van der Waals surface area contributed by atoms with Gasteiger partial charge in [-0.1, -0.05) is 72.8 Å². The van der Waals surface area contributed by atoms with Crippen LogP contribution in [0.25, 0.3) is 21.5 Å². The maximum atomic E-state index is 5.60. The summed E-state index contributed by atoms with van der Waals surface area (Å²) in [6.07, 6.45) is 7.79. The van der Waals surface area contributed by atoms with Gasteiger partial charge in [0, 0.05) is 41.6 Å². The van der Waals surface area contributed by atoms with E-state index in [4.69, 9.17) is 4.74 Å². The second kappa shape index (κ2) is 9.98. The lowest BCUT2D eigenvalue weighted by Gasteiger charge is -2.29. The van der Waals surface area contributed by atoms with Crippen LogP contribution in [0.5, 0.6) is 5.75 Å². The number of ether oxygens (including phenoxy) is 1. The van der Waals surface area contributed by atoms with Gasteiger partial charge in [-0.05, 0) is 90.2 Å². The highest BCUT2D eigenvalue weighted by molar-refractivity contribution is 6.05. The van der Waals surface area contributed by atoms with Crippen molar-refractivity contribution in [1.82, 2.24) is 0 Å². The molecule has 3 heteroatoms. The SMILES string of the molecule is COc1cccc(CC2(C)C(=CC=CC3=[N+](C)c4cc5ccccc5cc4C3(C)C)N(C)c3ccc4ccccc4c32)c1. The van der Waals surface area contributed by atoms with Crippen LogP contribution >= 0.6 is 0 Å². The van der Waals surface area contributed by atoms with E-state index in [2.05, 4.69) is 154 Å². The molecule has 0 radical (unpaired) electrons. The van der Waals surface area contributed by atoms with Gasteiger partial charge in [0.2, 0.25) is 5.69 Å². The van der Waals surface area contributed by atoms with E-state index >= 15 is 0 Å². The maximum Gasteiger partial charge on any atom is 0.210 e. The molecule has 0 fully saturated rings. The van der Waals surface area contributed by atoms with Crippen LogP contribution in [0.4, 0.5) is 11.4 Å². The summed E-state index contributed by atoms with van der Waals surface area (Å²) in [5.41, 5.74) is 8.84. The molecule has 3 nitrogen and oxygen atoms in total. The minimum atomic E-state index is -0.232. The fourth-order valence-corrected chi connectivity index (χ4v) is 7.66. The summed E-state index contributed by atoms with van der Waals surface area (Å²) in [4.78, 5) is 2.39. The van der Waals surface area contributed by atoms with E-state index in [1.165, 1.54) is 61.0 Å². The standard InChI is InChI=1S/C40H39N2O/c1-39(2)33-24-29-15-7-8-16-30(29)25-35(33)42(5)36(39)19-12-20-37-40(3,26-27-13-11-17-31(23-27)43-6)38-32-18-10-9-14-28(32)21-22-34(38)41(37)4/h7-25H,26H2,1-6H3/q+1. The molecule has 0 saturated heterocycles. The van der Waals surface area contributed by atoms with E-state index in [0.29, 0.717) is 0 Å². The molecule has 0 bridgehead atoms. The Morgan fingerprint density at radius 1 is 0.814 bits per heavy atom. The van der Waals surface area contributed by atoms with Crippen LogP contribution in [-0.2, 0) is 17.3 Å². The van der Waals surface area contributed by atoms with Crippen molar-refractivity contribution in [2.45, 2.75) is 38.0 Å². The van der Waals surface area contributed by atoms with Crippen LogP contribution in [0.3, 0.4) is 0 Å². The first-order chi connectivity index (χ1) is 20.7. The van der Waals surface area contributed by atoms with Crippen molar-refractivity contribution in [1.29, 1.82) is 0 Å². The fourth-order valence-electron chi connectivity index (χ4n) is 7.66. The van der Waals surface area contributed by atoms with Crippen molar-refractivity contribution >= 4 is 38.6 Å². The molecule has 7 rings (SSSR count). The topological polar surface area (TPSA) is 15.5 Å². The number of fused-ring (bicyclic) bond motifs is 5. The molecule has 0 spiro atoms. The Labute approximate surface area is 255 Å². The molecule has 0 saturated carbocycles. The quantitative estimate of drug-likeness (QED) is 0.198. The molecule has 1 atom stereocenters. The third-order valence-corrected chi connectivity index (χ3v) is 9.85. The van der Waals surface area contributed by atoms with Gasteiger partial charge in [0.1, 0.15) is 12.8 Å². The second-order valence-corrected chi connectivity index (χ2v) is 12.8. The highest BCUT2D eigenvalue weighted by Gasteiger charge is 2.45. The smallest absolute Gasteiger partial charge is 0.210 e. The molecular formula is C40H39N2O+. The van der Waals surface area contributed by atoms with Gasteiger partial charge in [-0.25, -0.2) is 0 Å². The normalized spacial score (nSPS) is 20.0. The molecule has 5 aromatic rings. The third kappa shape index (κ3) is 4.21. The summed E-state index contributed by atoms with van der Waals surface area (Å²) in [6, 6.07) is 35.2. The van der Waals surface area contributed by atoms with E-state index < -0.39 is 0 Å². The van der Waals surface area contributed by atoms with Gasteiger partial charge in [-0.2, -0.15) is 4.58 Å². The molecule has 5 aromatic carbocycles. The Morgan fingerprint density at radius 3 is 2.30 bits per heavy atom. The molecule has 0 aliphatic carbocycles. The Morgan fingerprint density at radius 2 is 1.53 bits per heavy atom. The number of methoxy groups -OCH3 is 1. The fraction of sp³-hybridized carbons (Fsp3) is 0.225.